The highest BCUT2D eigenvalue weighted by Gasteiger charge is 2.08. The summed E-state index contributed by atoms with van der Waals surface area (Å²) >= 11 is 0. The molecule has 15 heavy (non-hydrogen) atoms. The number of pyridine rings is 1. The third-order valence-corrected chi connectivity index (χ3v) is 1.68. The second-order valence-corrected chi connectivity index (χ2v) is 2.94. The van der Waals surface area contributed by atoms with Crippen LogP contribution in [0.4, 0.5) is 4.39 Å². The molecule has 0 saturated carbocycles. The molecule has 0 saturated heterocycles. The number of nitrogens with zero attached hydrogens (tertiary/aromatic N) is 1. The Hall–Kier alpha value is -1.71. The third kappa shape index (κ3) is 3.50. The Labute approximate surface area is 87.6 Å². The van der Waals surface area contributed by atoms with Gasteiger partial charge in [0.05, 0.1) is 6.61 Å². The average molecular weight is 209 g/mol. The quantitative estimate of drug-likeness (QED) is 0.566. The topological polar surface area (TPSA) is 39.2 Å². The van der Waals surface area contributed by atoms with Crippen molar-refractivity contribution in [1.82, 2.24) is 4.98 Å². The zero-order chi connectivity index (χ0) is 11.3. The molecule has 1 aromatic rings. The van der Waals surface area contributed by atoms with Crippen LogP contribution in [0.25, 0.3) is 6.08 Å². The summed E-state index contributed by atoms with van der Waals surface area (Å²) in [5, 5.41) is 0. The fourth-order valence-corrected chi connectivity index (χ4v) is 1.06. The number of halogens is 1. The molecule has 4 heteroatoms. The van der Waals surface area contributed by atoms with Crippen LogP contribution >= 0.6 is 0 Å². The number of aromatic nitrogens is 1. The minimum Gasteiger partial charge on any atom is -0.461 e. The van der Waals surface area contributed by atoms with Gasteiger partial charge < -0.3 is 4.74 Å². The number of ether oxygens (including phenoxy) is 1. The van der Waals surface area contributed by atoms with E-state index >= 15 is 0 Å². The summed E-state index contributed by atoms with van der Waals surface area (Å²) < 4.78 is 17.7. The Kier molecular flexibility index (Phi) is 3.97. The van der Waals surface area contributed by atoms with Crippen LogP contribution in [0.5, 0.6) is 0 Å². The molecule has 0 radical (unpaired) electrons. The van der Waals surface area contributed by atoms with E-state index in [9.17, 15) is 9.18 Å². The lowest BCUT2D eigenvalue weighted by molar-refractivity contribution is -0.140. The molecule has 0 aliphatic rings. The lowest BCUT2D eigenvalue weighted by Gasteiger charge is -1.99. The lowest BCUT2D eigenvalue weighted by atomic mass is 10.2. The zero-order valence-corrected chi connectivity index (χ0v) is 8.66. The molecule has 0 N–H and O–H groups in total. The number of hydrogen-bond acceptors (Lipinski definition) is 3. The van der Waals surface area contributed by atoms with Crippen molar-refractivity contribution >= 4 is 12.0 Å². The molecule has 0 spiro atoms. The molecular weight excluding hydrogens is 197 g/mol. The number of carbonyl (C=O) groups excluding carboxylic acids is 1. The van der Waals surface area contributed by atoms with Crippen molar-refractivity contribution in [1.29, 1.82) is 0 Å². The SMILES string of the molecule is CCOC(=O)/C(F)=C/c1ccnc(C)c1. The van der Waals surface area contributed by atoms with Gasteiger partial charge in [0.15, 0.2) is 0 Å². The Balaban J connectivity index is 2.82. The van der Waals surface area contributed by atoms with E-state index in [1.807, 2.05) is 0 Å². The smallest absolute Gasteiger partial charge is 0.367 e. The van der Waals surface area contributed by atoms with Gasteiger partial charge in [0.25, 0.3) is 0 Å². The molecular formula is C11H12FNO2. The van der Waals surface area contributed by atoms with Crippen LogP contribution in [-0.2, 0) is 9.53 Å². The minimum absolute atomic E-state index is 0.162. The maximum atomic E-state index is 13.2. The van der Waals surface area contributed by atoms with Gasteiger partial charge >= 0.3 is 5.97 Å². The van der Waals surface area contributed by atoms with Crippen LogP contribution in [0.1, 0.15) is 18.2 Å². The van der Waals surface area contributed by atoms with Crippen molar-refractivity contribution in [2.75, 3.05) is 6.61 Å². The Bertz CT molecular complexity index is 388. The fraction of sp³-hybridized carbons (Fsp3) is 0.273. The molecule has 1 heterocycles. The first kappa shape index (κ1) is 11.4. The summed E-state index contributed by atoms with van der Waals surface area (Å²) in [5.74, 6) is -1.84. The number of esters is 1. The molecule has 0 aliphatic carbocycles. The van der Waals surface area contributed by atoms with Crippen molar-refractivity contribution in [2.24, 2.45) is 0 Å². The minimum atomic E-state index is -0.938. The summed E-state index contributed by atoms with van der Waals surface area (Å²) in [5.41, 5.74) is 1.36. The van der Waals surface area contributed by atoms with Crippen LogP contribution in [-0.4, -0.2) is 17.6 Å². The summed E-state index contributed by atoms with van der Waals surface area (Å²) in [6.45, 7) is 3.58. The van der Waals surface area contributed by atoms with Crippen molar-refractivity contribution in [3.63, 3.8) is 0 Å². The van der Waals surface area contributed by atoms with E-state index in [-0.39, 0.29) is 6.61 Å². The third-order valence-electron chi connectivity index (χ3n) is 1.68. The highest BCUT2D eigenvalue weighted by atomic mass is 19.1. The van der Waals surface area contributed by atoms with Crippen LogP contribution in [0.15, 0.2) is 24.2 Å². The van der Waals surface area contributed by atoms with E-state index in [0.717, 1.165) is 11.8 Å². The van der Waals surface area contributed by atoms with Gasteiger partial charge in [0, 0.05) is 11.9 Å². The molecule has 1 aromatic heterocycles. The van der Waals surface area contributed by atoms with Gasteiger partial charge in [0.1, 0.15) is 0 Å². The maximum Gasteiger partial charge on any atom is 0.367 e. The first-order valence-electron chi connectivity index (χ1n) is 4.60. The zero-order valence-electron chi connectivity index (χ0n) is 8.66. The van der Waals surface area contributed by atoms with E-state index < -0.39 is 11.8 Å². The molecule has 0 unspecified atom stereocenters. The van der Waals surface area contributed by atoms with Crippen molar-refractivity contribution in [3.8, 4) is 0 Å². The summed E-state index contributed by atoms with van der Waals surface area (Å²) in [7, 11) is 0. The van der Waals surface area contributed by atoms with Gasteiger partial charge in [-0.15, -0.1) is 0 Å². The van der Waals surface area contributed by atoms with Gasteiger partial charge in [-0.3, -0.25) is 4.98 Å². The molecule has 0 fully saturated rings. The van der Waals surface area contributed by atoms with Gasteiger partial charge in [-0.25, -0.2) is 4.79 Å². The number of carbonyl (C=O) groups is 1. The maximum absolute atomic E-state index is 13.2. The normalized spacial score (nSPS) is 11.3. The van der Waals surface area contributed by atoms with Gasteiger partial charge in [-0.2, -0.15) is 4.39 Å². The van der Waals surface area contributed by atoms with Gasteiger partial charge in [-0.05, 0) is 37.6 Å². The van der Waals surface area contributed by atoms with E-state index in [1.54, 1.807) is 32.2 Å². The monoisotopic (exact) mass is 209 g/mol. The predicted molar refractivity (Wildman–Crippen MR) is 54.7 cm³/mol. The molecule has 0 atom stereocenters. The van der Waals surface area contributed by atoms with Gasteiger partial charge in [0.2, 0.25) is 5.83 Å². The van der Waals surface area contributed by atoms with Crippen molar-refractivity contribution in [3.05, 3.63) is 35.4 Å². The summed E-state index contributed by atoms with van der Waals surface area (Å²) in [6, 6.07) is 3.30. The Morgan fingerprint density at radius 1 is 1.67 bits per heavy atom. The van der Waals surface area contributed by atoms with Crippen LogP contribution < -0.4 is 0 Å². The standard InChI is InChI=1S/C11H12FNO2/c1-3-15-11(14)10(12)7-9-4-5-13-8(2)6-9/h4-7H,3H2,1-2H3/b10-7-. The highest BCUT2D eigenvalue weighted by molar-refractivity contribution is 5.91. The summed E-state index contributed by atoms with van der Waals surface area (Å²) in [4.78, 5) is 14.9. The number of aryl methyl sites for hydroxylation is 1. The summed E-state index contributed by atoms with van der Waals surface area (Å²) in [6.07, 6.45) is 2.69. The van der Waals surface area contributed by atoms with E-state index in [2.05, 4.69) is 9.72 Å². The molecule has 0 bridgehead atoms. The average Bonchev–Trinajstić information content (AvgIpc) is 2.18. The van der Waals surface area contributed by atoms with E-state index in [4.69, 9.17) is 0 Å². The second kappa shape index (κ2) is 5.24. The van der Waals surface area contributed by atoms with E-state index in [0.29, 0.717) is 5.56 Å². The van der Waals surface area contributed by atoms with Crippen LogP contribution in [0.3, 0.4) is 0 Å². The van der Waals surface area contributed by atoms with Crippen LogP contribution in [0.2, 0.25) is 0 Å². The first-order valence-corrected chi connectivity index (χ1v) is 4.60. The van der Waals surface area contributed by atoms with E-state index in [1.165, 1.54) is 0 Å². The molecule has 3 nitrogen and oxygen atoms in total. The Morgan fingerprint density at radius 2 is 2.40 bits per heavy atom. The molecule has 1 rings (SSSR count). The molecule has 0 aliphatic heterocycles. The van der Waals surface area contributed by atoms with Gasteiger partial charge in [-0.1, -0.05) is 0 Å². The number of rotatable bonds is 3. The van der Waals surface area contributed by atoms with Crippen LogP contribution in [0, 0.1) is 6.92 Å². The van der Waals surface area contributed by atoms with Crippen molar-refractivity contribution < 1.29 is 13.9 Å². The molecule has 80 valence electrons. The Morgan fingerprint density at radius 3 is 3.00 bits per heavy atom. The number of hydrogen-bond donors (Lipinski definition) is 0. The molecule has 0 aromatic carbocycles. The lowest BCUT2D eigenvalue weighted by Crippen LogP contribution is -2.03. The predicted octanol–water partition coefficient (Wildman–Crippen LogP) is 2.26. The fourth-order valence-electron chi connectivity index (χ4n) is 1.06. The van der Waals surface area contributed by atoms with Crippen molar-refractivity contribution in [2.45, 2.75) is 13.8 Å². The first-order chi connectivity index (χ1) is 7.13. The molecule has 0 amide bonds. The second-order valence-electron chi connectivity index (χ2n) is 2.94. The highest BCUT2D eigenvalue weighted by Crippen LogP contribution is 2.09. The largest absolute Gasteiger partial charge is 0.461 e.